The molecule has 0 aliphatic carbocycles. The quantitative estimate of drug-likeness (QED) is 0.601. The molecule has 0 saturated heterocycles. The molecule has 0 aromatic heterocycles. The van der Waals surface area contributed by atoms with Crippen LogP contribution in [-0.4, -0.2) is 28.7 Å². The molecule has 0 unspecified atom stereocenters. The maximum Gasteiger partial charge on any atom is 0.469 e. The fraction of sp³-hybridized carbons (Fsp3) is 1.00. The summed E-state index contributed by atoms with van der Waals surface area (Å²) >= 11 is 0. The van der Waals surface area contributed by atoms with Crippen molar-refractivity contribution >= 4 is 7.82 Å². The van der Waals surface area contributed by atoms with Crippen molar-refractivity contribution in [3.8, 4) is 0 Å². The van der Waals surface area contributed by atoms with E-state index in [2.05, 4.69) is 4.52 Å². The van der Waals surface area contributed by atoms with Gasteiger partial charge in [0.1, 0.15) is 0 Å². The van der Waals surface area contributed by atoms with Gasteiger partial charge in [-0.25, -0.2) is 4.57 Å². The van der Waals surface area contributed by atoms with Crippen molar-refractivity contribution < 1.29 is 45.2 Å². The Labute approximate surface area is 79.1 Å². The van der Waals surface area contributed by atoms with E-state index in [9.17, 15) is 30.9 Å². The van der Waals surface area contributed by atoms with Crippen molar-refractivity contribution in [1.29, 1.82) is 0 Å². The number of hydrogen-bond donors (Lipinski definition) is 2. The Kier molecular flexibility index (Phi) is 4.19. The first-order valence-electron chi connectivity index (χ1n) is 3.17. The third-order valence-electron chi connectivity index (χ3n) is 1.20. The zero-order valence-electron chi connectivity index (χ0n) is 6.71. The molecular weight excluding hydrogens is 257 g/mol. The van der Waals surface area contributed by atoms with Gasteiger partial charge < -0.3 is 9.79 Å². The van der Waals surface area contributed by atoms with Crippen molar-refractivity contribution in [3.05, 3.63) is 0 Å². The molecule has 0 aliphatic rings. The van der Waals surface area contributed by atoms with Gasteiger partial charge in [-0.3, -0.25) is 4.52 Å². The Morgan fingerprint density at radius 2 is 1.40 bits per heavy atom. The monoisotopic (exact) mass is 262 g/mol. The molecule has 0 radical (unpaired) electrons. The minimum absolute atomic E-state index is 2.17. The molecule has 15 heavy (non-hydrogen) atoms. The summed E-state index contributed by atoms with van der Waals surface area (Å²) in [5.74, 6) is -3.92. The zero-order valence-corrected chi connectivity index (χ0v) is 7.60. The van der Waals surface area contributed by atoms with E-state index in [4.69, 9.17) is 9.79 Å². The first-order valence-corrected chi connectivity index (χ1v) is 4.70. The van der Waals surface area contributed by atoms with E-state index in [0.717, 1.165) is 0 Å². The number of halogens is 6. The second kappa shape index (κ2) is 4.28. The lowest BCUT2D eigenvalue weighted by Crippen LogP contribution is -2.39. The van der Waals surface area contributed by atoms with Gasteiger partial charge in [0.25, 0.3) is 0 Å². The van der Waals surface area contributed by atoms with Gasteiger partial charge >= 0.3 is 20.2 Å². The van der Waals surface area contributed by atoms with Gasteiger partial charge in [0.05, 0.1) is 6.61 Å². The van der Waals surface area contributed by atoms with Crippen LogP contribution in [0.15, 0.2) is 0 Å². The summed E-state index contributed by atoms with van der Waals surface area (Å²) in [6, 6.07) is 0. The third kappa shape index (κ3) is 5.98. The molecule has 4 nitrogen and oxygen atoms in total. The molecule has 0 rings (SSSR count). The number of phosphoric ester groups is 1. The molecule has 92 valence electrons. The number of phosphoric acid groups is 1. The van der Waals surface area contributed by atoms with Gasteiger partial charge in [-0.2, -0.15) is 26.3 Å². The maximum absolute atomic E-state index is 11.7. The molecule has 2 N–H and O–H groups in total. The number of hydrogen-bond acceptors (Lipinski definition) is 2. The Morgan fingerprint density at radius 1 is 1.07 bits per heavy atom. The van der Waals surface area contributed by atoms with Crippen LogP contribution in [0.25, 0.3) is 0 Å². The smallest absolute Gasteiger partial charge is 0.303 e. The average Bonchev–Trinajstić information content (AvgIpc) is 1.75. The van der Waals surface area contributed by atoms with Crippen LogP contribution in [0, 0.1) is 5.92 Å². The highest BCUT2D eigenvalue weighted by molar-refractivity contribution is 7.46. The van der Waals surface area contributed by atoms with Gasteiger partial charge in [0.2, 0.25) is 0 Å². The highest BCUT2D eigenvalue weighted by Gasteiger charge is 2.57. The highest BCUT2D eigenvalue weighted by Crippen LogP contribution is 2.43. The van der Waals surface area contributed by atoms with E-state index in [-0.39, 0.29) is 0 Å². The number of rotatable bonds is 3. The summed E-state index contributed by atoms with van der Waals surface area (Å²) < 4.78 is 83.5. The van der Waals surface area contributed by atoms with Crippen molar-refractivity contribution in [2.45, 2.75) is 12.4 Å². The first-order chi connectivity index (χ1) is 6.34. The van der Waals surface area contributed by atoms with E-state index in [1.807, 2.05) is 0 Å². The molecule has 0 bridgehead atoms. The molecule has 0 spiro atoms. The molecule has 11 heteroatoms. The van der Waals surface area contributed by atoms with Crippen LogP contribution in [0.3, 0.4) is 0 Å². The van der Waals surface area contributed by atoms with E-state index >= 15 is 0 Å². The molecule has 0 aliphatic heterocycles. The molecule has 0 fully saturated rings. The van der Waals surface area contributed by atoms with Gasteiger partial charge in [-0.05, 0) is 0 Å². The molecule has 0 heterocycles. The lowest BCUT2D eigenvalue weighted by atomic mass is 10.1. The Balaban J connectivity index is 4.64. The summed E-state index contributed by atoms with van der Waals surface area (Å²) in [5.41, 5.74) is 0. The summed E-state index contributed by atoms with van der Waals surface area (Å²) in [7, 11) is -5.36. The van der Waals surface area contributed by atoms with Crippen LogP contribution < -0.4 is 0 Å². The third-order valence-corrected chi connectivity index (χ3v) is 1.69. The minimum atomic E-state index is -5.67. The normalized spacial score (nSPS) is 14.7. The van der Waals surface area contributed by atoms with Gasteiger partial charge in [-0.15, -0.1) is 0 Å². The van der Waals surface area contributed by atoms with Gasteiger partial charge in [0, 0.05) is 0 Å². The molecule has 0 amide bonds. The van der Waals surface area contributed by atoms with Crippen molar-refractivity contribution in [1.82, 2.24) is 0 Å². The van der Waals surface area contributed by atoms with Crippen molar-refractivity contribution in [2.75, 3.05) is 6.61 Å². The van der Waals surface area contributed by atoms with Gasteiger partial charge in [-0.1, -0.05) is 0 Å². The maximum atomic E-state index is 11.7. The summed E-state index contributed by atoms with van der Waals surface area (Å²) in [6.45, 7) is -2.17. The van der Waals surface area contributed by atoms with Crippen molar-refractivity contribution in [2.24, 2.45) is 5.92 Å². The van der Waals surface area contributed by atoms with Crippen LogP contribution in [0.2, 0.25) is 0 Å². The topological polar surface area (TPSA) is 66.8 Å². The van der Waals surface area contributed by atoms with Crippen molar-refractivity contribution in [3.63, 3.8) is 0 Å². The predicted octanol–water partition coefficient (Wildman–Crippen LogP) is 1.84. The SMILES string of the molecule is O=P(O)(O)OCC(C(F)(F)F)C(F)(F)F. The van der Waals surface area contributed by atoms with Crippen LogP contribution in [0.4, 0.5) is 26.3 Å². The molecule has 0 aromatic rings. The standard InChI is InChI=1S/C4H5F6O4P/c5-3(6,7)2(4(8,9)10)1-14-15(11,12)13/h2H,1H2,(H2,11,12,13). The minimum Gasteiger partial charge on any atom is -0.303 e. The Morgan fingerprint density at radius 3 is 1.60 bits per heavy atom. The largest absolute Gasteiger partial charge is 0.469 e. The van der Waals surface area contributed by atoms with E-state index < -0.39 is 32.7 Å². The van der Waals surface area contributed by atoms with Crippen LogP contribution >= 0.6 is 7.82 Å². The summed E-state index contributed by atoms with van der Waals surface area (Å²) in [4.78, 5) is 15.9. The lowest BCUT2D eigenvalue weighted by Gasteiger charge is -2.22. The van der Waals surface area contributed by atoms with Crippen LogP contribution in [-0.2, 0) is 9.09 Å². The molecule has 0 aromatic carbocycles. The van der Waals surface area contributed by atoms with E-state index in [1.165, 1.54) is 0 Å². The highest BCUT2D eigenvalue weighted by atomic mass is 31.2. The fourth-order valence-electron chi connectivity index (χ4n) is 0.546. The van der Waals surface area contributed by atoms with E-state index in [1.54, 1.807) is 0 Å². The first kappa shape index (κ1) is 14.7. The lowest BCUT2D eigenvalue weighted by molar-refractivity contribution is -0.290. The van der Waals surface area contributed by atoms with Gasteiger partial charge in [0.15, 0.2) is 5.92 Å². The van der Waals surface area contributed by atoms with Crippen LogP contribution in [0.5, 0.6) is 0 Å². The Hall–Kier alpha value is -0.310. The zero-order chi connectivity index (χ0) is 12.5. The molecule has 0 saturated carbocycles. The number of alkyl halides is 6. The second-order valence-corrected chi connectivity index (χ2v) is 3.66. The molecule has 0 atom stereocenters. The Bertz CT molecular complexity index is 239. The summed E-state index contributed by atoms with van der Waals surface area (Å²) in [5, 5.41) is 0. The molecular formula is C4H5F6O4P. The summed E-state index contributed by atoms with van der Waals surface area (Å²) in [6.07, 6.45) is -11.3. The predicted molar refractivity (Wildman–Crippen MR) is 33.6 cm³/mol. The fourth-order valence-corrected chi connectivity index (χ4v) is 0.889. The van der Waals surface area contributed by atoms with E-state index in [0.29, 0.717) is 0 Å². The van der Waals surface area contributed by atoms with Crippen LogP contribution in [0.1, 0.15) is 0 Å². The second-order valence-electron chi connectivity index (χ2n) is 2.42. The average molecular weight is 262 g/mol.